The average molecular weight is 369 g/mol. The molecule has 1 amide bonds. The minimum Gasteiger partial charge on any atom is -0.322 e. The summed E-state index contributed by atoms with van der Waals surface area (Å²) in [6, 6.07) is 13.5. The smallest absolute Gasteiger partial charge is 0.255 e. The van der Waals surface area contributed by atoms with Crippen molar-refractivity contribution in [3.8, 4) is 0 Å². The monoisotopic (exact) mass is 368 g/mol. The van der Waals surface area contributed by atoms with Gasteiger partial charge in [0.05, 0.1) is 6.26 Å². The van der Waals surface area contributed by atoms with Gasteiger partial charge in [-0.1, -0.05) is 22.0 Å². The van der Waals surface area contributed by atoms with Crippen molar-refractivity contribution in [1.29, 1.82) is 0 Å². The van der Waals surface area contributed by atoms with Crippen LogP contribution in [-0.2, 0) is 10.0 Å². The van der Waals surface area contributed by atoms with Crippen molar-refractivity contribution >= 4 is 43.2 Å². The molecule has 0 aliphatic rings. The van der Waals surface area contributed by atoms with Crippen LogP contribution in [0.1, 0.15) is 10.4 Å². The standard InChI is InChI=1S/C14H13BrN2O3S/c1-21(19,20)17-13-7-5-12(6-8-13)16-14(18)10-3-2-4-11(15)9-10/h2-9,17H,1H3,(H,16,18). The zero-order valence-electron chi connectivity index (χ0n) is 11.1. The largest absolute Gasteiger partial charge is 0.322 e. The molecule has 0 bridgehead atoms. The third-order valence-corrected chi connectivity index (χ3v) is 3.63. The number of benzene rings is 2. The molecule has 21 heavy (non-hydrogen) atoms. The summed E-state index contributed by atoms with van der Waals surface area (Å²) in [5.74, 6) is -0.236. The van der Waals surface area contributed by atoms with E-state index in [2.05, 4.69) is 26.0 Å². The number of halogens is 1. The van der Waals surface area contributed by atoms with Crippen LogP contribution in [0.3, 0.4) is 0 Å². The van der Waals surface area contributed by atoms with Crippen LogP contribution in [0, 0.1) is 0 Å². The van der Waals surface area contributed by atoms with Gasteiger partial charge in [-0.05, 0) is 42.5 Å². The van der Waals surface area contributed by atoms with Crippen molar-refractivity contribution in [3.63, 3.8) is 0 Å². The molecular weight excluding hydrogens is 356 g/mol. The highest BCUT2D eigenvalue weighted by molar-refractivity contribution is 9.10. The first-order chi connectivity index (χ1) is 9.83. The van der Waals surface area contributed by atoms with Gasteiger partial charge in [0.25, 0.3) is 5.91 Å². The molecule has 0 aliphatic heterocycles. The molecule has 2 aromatic carbocycles. The third kappa shape index (κ3) is 4.87. The molecular formula is C14H13BrN2O3S. The van der Waals surface area contributed by atoms with Crippen molar-refractivity contribution < 1.29 is 13.2 Å². The lowest BCUT2D eigenvalue weighted by Gasteiger charge is -2.07. The van der Waals surface area contributed by atoms with Crippen LogP contribution in [0.2, 0.25) is 0 Å². The molecule has 0 spiro atoms. The molecule has 0 unspecified atom stereocenters. The number of carbonyl (C=O) groups is 1. The normalized spacial score (nSPS) is 11.0. The van der Waals surface area contributed by atoms with E-state index < -0.39 is 10.0 Å². The van der Waals surface area contributed by atoms with Crippen molar-refractivity contribution in [3.05, 3.63) is 58.6 Å². The highest BCUT2D eigenvalue weighted by Crippen LogP contribution is 2.17. The molecule has 7 heteroatoms. The van der Waals surface area contributed by atoms with Gasteiger partial charge in [-0.15, -0.1) is 0 Å². The van der Waals surface area contributed by atoms with Crippen molar-refractivity contribution in [2.45, 2.75) is 0 Å². The first kappa shape index (κ1) is 15.5. The zero-order valence-corrected chi connectivity index (χ0v) is 13.5. The molecule has 0 aromatic heterocycles. The molecule has 0 saturated carbocycles. The van der Waals surface area contributed by atoms with Gasteiger partial charge in [-0.25, -0.2) is 8.42 Å². The van der Waals surface area contributed by atoms with Crippen LogP contribution < -0.4 is 10.0 Å². The molecule has 2 N–H and O–H groups in total. The number of hydrogen-bond donors (Lipinski definition) is 2. The van der Waals surface area contributed by atoms with E-state index in [4.69, 9.17) is 0 Å². The van der Waals surface area contributed by atoms with Crippen molar-refractivity contribution in [1.82, 2.24) is 0 Å². The summed E-state index contributed by atoms with van der Waals surface area (Å²) in [5.41, 5.74) is 1.56. The van der Waals surface area contributed by atoms with E-state index in [1.54, 1.807) is 42.5 Å². The lowest BCUT2D eigenvalue weighted by molar-refractivity contribution is 0.102. The summed E-state index contributed by atoms with van der Waals surface area (Å²) in [6.45, 7) is 0. The lowest BCUT2D eigenvalue weighted by atomic mass is 10.2. The van der Waals surface area contributed by atoms with E-state index in [0.29, 0.717) is 16.9 Å². The predicted octanol–water partition coefficient (Wildman–Crippen LogP) is 3.07. The maximum Gasteiger partial charge on any atom is 0.255 e. The number of sulfonamides is 1. The Morgan fingerprint density at radius 2 is 1.67 bits per heavy atom. The number of rotatable bonds is 4. The summed E-state index contributed by atoms with van der Waals surface area (Å²) >= 11 is 3.31. The molecule has 2 aromatic rings. The van der Waals surface area contributed by atoms with E-state index in [0.717, 1.165) is 10.7 Å². The summed E-state index contributed by atoms with van der Waals surface area (Å²) < 4.78 is 25.4. The molecule has 0 fully saturated rings. The Morgan fingerprint density at radius 1 is 1.05 bits per heavy atom. The number of hydrogen-bond acceptors (Lipinski definition) is 3. The van der Waals surface area contributed by atoms with Crippen LogP contribution in [0.5, 0.6) is 0 Å². The summed E-state index contributed by atoms with van der Waals surface area (Å²) in [6.07, 6.45) is 1.08. The molecule has 0 radical (unpaired) electrons. The quantitative estimate of drug-likeness (QED) is 0.870. The number of anilines is 2. The lowest BCUT2D eigenvalue weighted by Crippen LogP contribution is -2.12. The Balaban J connectivity index is 2.08. The Morgan fingerprint density at radius 3 is 2.24 bits per heavy atom. The van der Waals surface area contributed by atoms with Gasteiger partial charge < -0.3 is 5.32 Å². The van der Waals surface area contributed by atoms with Gasteiger partial charge in [0.15, 0.2) is 0 Å². The second kappa shape index (κ2) is 6.28. The SMILES string of the molecule is CS(=O)(=O)Nc1ccc(NC(=O)c2cccc(Br)c2)cc1. The van der Waals surface area contributed by atoms with E-state index in [1.165, 1.54) is 0 Å². The highest BCUT2D eigenvalue weighted by Gasteiger charge is 2.07. The Bertz CT molecular complexity index is 758. The van der Waals surface area contributed by atoms with Gasteiger partial charge in [0.2, 0.25) is 10.0 Å². The van der Waals surface area contributed by atoms with Crippen LogP contribution in [0.25, 0.3) is 0 Å². The van der Waals surface area contributed by atoms with Crippen molar-refractivity contribution in [2.75, 3.05) is 16.3 Å². The van der Waals surface area contributed by atoms with Crippen LogP contribution in [0.4, 0.5) is 11.4 Å². The summed E-state index contributed by atoms with van der Waals surface area (Å²) in [7, 11) is -3.30. The molecule has 0 heterocycles. The molecule has 5 nitrogen and oxygen atoms in total. The van der Waals surface area contributed by atoms with Crippen LogP contribution in [-0.4, -0.2) is 20.6 Å². The molecule has 0 aliphatic carbocycles. The zero-order chi connectivity index (χ0) is 15.5. The van der Waals surface area contributed by atoms with Crippen molar-refractivity contribution in [2.24, 2.45) is 0 Å². The first-order valence-electron chi connectivity index (χ1n) is 5.98. The topological polar surface area (TPSA) is 75.3 Å². The first-order valence-corrected chi connectivity index (χ1v) is 8.67. The Labute approximate surface area is 131 Å². The average Bonchev–Trinajstić information content (AvgIpc) is 2.39. The number of amides is 1. The maximum atomic E-state index is 12.0. The Hall–Kier alpha value is -1.86. The fourth-order valence-corrected chi connectivity index (χ4v) is 2.63. The number of nitrogens with one attached hydrogen (secondary N) is 2. The van der Waals surface area contributed by atoms with Gasteiger partial charge in [0, 0.05) is 21.4 Å². The molecule has 110 valence electrons. The van der Waals surface area contributed by atoms with E-state index in [1.807, 2.05) is 6.07 Å². The van der Waals surface area contributed by atoms with Crippen LogP contribution in [0.15, 0.2) is 53.0 Å². The van der Waals surface area contributed by atoms with Gasteiger partial charge in [-0.3, -0.25) is 9.52 Å². The maximum absolute atomic E-state index is 12.0. The molecule has 0 atom stereocenters. The minimum absolute atomic E-state index is 0.236. The fourth-order valence-electron chi connectivity index (χ4n) is 1.67. The summed E-state index contributed by atoms with van der Waals surface area (Å²) in [4.78, 5) is 12.0. The summed E-state index contributed by atoms with van der Waals surface area (Å²) in [5, 5.41) is 2.74. The van der Waals surface area contributed by atoms with Gasteiger partial charge in [-0.2, -0.15) is 0 Å². The van der Waals surface area contributed by atoms with E-state index in [-0.39, 0.29) is 5.91 Å². The Kier molecular flexibility index (Phi) is 4.64. The number of carbonyl (C=O) groups excluding carboxylic acids is 1. The second-order valence-corrected chi connectivity index (χ2v) is 7.08. The van der Waals surface area contributed by atoms with Gasteiger partial charge in [0.1, 0.15) is 0 Å². The van der Waals surface area contributed by atoms with E-state index >= 15 is 0 Å². The van der Waals surface area contributed by atoms with E-state index in [9.17, 15) is 13.2 Å². The molecule has 2 rings (SSSR count). The molecule has 0 saturated heterocycles. The second-order valence-electron chi connectivity index (χ2n) is 4.42. The third-order valence-electron chi connectivity index (χ3n) is 2.53. The van der Waals surface area contributed by atoms with Crippen LogP contribution >= 0.6 is 15.9 Å². The predicted molar refractivity (Wildman–Crippen MR) is 87.0 cm³/mol. The van der Waals surface area contributed by atoms with Gasteiger partial charge >= 0.3 is 0 Å². The highest BCUT2D eigenvalue weighted by atomic mass is 79.9. The fraction of sp³-hybridized carbons (Fsp3) is 0.0714. The minimum atomic E-state index is -3.30.